The molecule has 0 saturated heterocycles. The minimum absolute atomic E-state index is 0. The maximum Gasteiger partial charge on any atom is 0.0431 e. The van der Waals surface area contributed by atoms with Gasteiger partial charge in [-0.1, -0.05) is 0 Å². The van der Waals surface area contributed by atoms with Crippen molar-refractivity contribution in [3.63, 3.8) is 0 Å². The zero-order chi connectivity index (χ0) is 8.04. The largest absolute Gasteiger partial charge is 0.412 e. The molecule has 0 aromatic rings. The molecule has 0 aliphatic heterocycles. The normalized spacial score (nSPS) is 10.9. The van der Waals surface area contributed by atoms with E-state index in [2.05, 4.69) is 26.1 Å². The maximum atomic E-state index is 8.47. The number of nitrogens with one attached hydrogen (secondary N) is 1. The minimum Gasteiger partial charge on any atom is -0.412 e. The number of unbranched alkanes of at least 4 members (excludes halogenated alkanes) is 1. The van der Waals surface area contributed by atoms with Crippen LogP contribution in [0.25, 0.3) is 0 Å². The van der Waals surface area contributed by atoms with Crippen LogP contribution < -0.4 is 5.32 Å². The highest BCUT2D eigenvalue weighted by molar-refractivity contribution is 4.69. The summed E-state index contributed by atoms with van der Waals surface area (Å²) in [6.07, 6.45) is 1.97. The van der Waals surface area contributed by atoms with E-state index in [4.69, 9.17) is 5.11 Å². The third kappa shape index (κ3) is 13.0. The lowest BCUT2D eigenvalue weighted by molar-refractivity contribution is 0.280. The second kappa shape index (κ2) is 6.58. The molecule has 0 spiro atoms. The predicted molar refractivity (Wildman–Crippen MR) is 47.7 cm³/mol. The molecule has 4 N–H and O–H groups in total. The Bertz CT molecular complexity index is 78.7. The van der Waals surface area contributed by atoms with Crippen LogP contribution in [0.2, 0.25) is 0 Å². The summed E-state index contributed by atoms with van der Waals surface area (Å²) in [4.78, 5) is 0. The number of aliphatic hydroxyl groups excluding tert-OH is 1. The van der Waals surface area contributed by atoms with E-state index in [9.17, 15) is 0 Å². The molecule has 11 heavy (non-hydrogen) atoms. The second-order valence-electron chi connectivity index (χ2n) is 3.61. The van der Waals surface area contributed by atoms with Gasteiger partial charge in [-0.3, -0.25) is 0 Å². The molecule has 0 aliphatic rings. The molecule has 0 unspecified atom stereocenters. The summed E-state index contributed by atoms with van der Waals surface area (Å²) in [6, 6.07) is 0. The summed E-state index contributed by atoms with van der Waals surface area (Å²) in [5.74, 6) is 0. The number of hydrogen-bond acceptors (Lipinski definition) is 2. The summed E-state index contributed by atoms with van der Waals surface area (Å²) < 4.78 is 0. The van der Waals surface area contributed by atoms with Gasteiger partial charge < -0.3 is 15.9 Å². The Morgan fingerprint density at radius 3 is 2.09 bits per heavy atom. The third-order valence-corrected chi connectivity index (χ3v) is 1.24. The SMILES string of the molecule is CC(C)(C)NCCCCO.O. The number of aliphatic hydroxyl groups is 1. The van der Waals surface area contributed by atoms with E-state index in [0.717, 1.165) is 19.4 Å². The highest BCUT2D eigenvalue weighted by Crippen LogP contribution is 1.98. The third-order valence-electron chi connectivity index (χ3n) is 1.24. The molecule has 0 saturated carbocycles. The fourth-order valence-corrected chi connectivity index (χ4v) is 0.700. The Kier molecular flexibility index (Phi) is 8.06. The molecule has 0 bridgehead atoms. The molecule has 0 aliphatic carbocycles. The highest BCUT2D eigenvalue weighted by atomic mass is 16.2. The lowest BCUT2D eigenvalue weighted by Crippen LogP contribution is -2.36. The summed E-state index contributed by atoms with van der Waals surface area (Å²) in [5, 5.41) is 11.8. The van der Waals surface area contributed by atoms with E-state index in [1.165, 1.54) is 0 Å². The van der Waals surface area contributed by atoms with E-state index >= 15 is 0 Å². The van der Waals surface area contributed by atoms with Crippen LogP contribution in [0.3, 0.4) is 0 Å². The topological polar surface area (TPSA) is 63.8 Å². The first-order valence-electron chi connectivity index (χ1n) is 3.92. The van der Waals surface area contributed by atoms with Crippen LogP contribution in [-0.4, -0.2) is 29.3 Å². The smallest absolute Gasteiger partial charge is 0.0431 e. The Labute approximate surface area is 69.1 Å². The molecule has 0 amide bonds. The van der Waals surface area contributed by atoms with Crippen molar-refractivity contribution in [1.82, 2.24) is 5.32 Å². The van der Waals surface area contributed by atoms with Crippen LogP contribution in [0.4, 0.5) is 0 Å². The van der Waals surface area contributed by atoms with E-state index in [1.54, 1.807) is 0 Å². The molecule has 3 nitrogen and oxygen atoms in total. The van der Waals surface area contributed by atoms with E-state index in [1.807, 2.05) is 0 Å². The van der Waals surface area contributed by atoms with Gasteiger partial charge in [0.1, 0.15) is 0 Å². The molecular formula is C8H21NO2. The molecule has 3 heteroatoms. The molecule has 0 atom stereocenters. The Morgan fingerprint density at radius 2 is 1.73 bits per heavy atom. The molecule has 70 valence electrons. The fraction of sp³-hybridized carbons (Fsp3) is 1.00. The Hall–Kier alpha value is -0.120. The van der Waals surface area contributed by atoms with Gasteiger partial charge in [0.15, 0.2) is 0 Å². The summed E-state index contributed by atoms with van der Waals surface area (Å²) in [7, 11) is 0. The summed E-state index contributed by atoms with van der Waals surface area (Å²) >= 11 is 0. The van der Waals surface area contributed by atoms with Gasteiger partial charge in [0.05, 0.1) is 0 Å². The van der Waals surface area contributed by atoms with Crippen LogP contribution >= 0.6 is 0 Å². The van der Waals surface area contributed by atoms with Crippen molar-refractivity contribution in [2.75, 3.05) is 13.2 Å². The maximum absolute atomic E-state index is 8.47. The Morgan fingerprint density at radius 1 is 1.18 bits per heavy atom. The van der Waals surface area contributed by atoms with Gasteiger partial charge in [0, 0.05) is 12.1 Å². The van der Waals surface area contributed by atoms with Gasteiger partial charge in [-0.25, -0.2) is 0 Å². The van der Waals surface area contributed by atoms with Gasteiger partial charge in [-0.15, -0.1) is 0 Å². The van der Waals surface area contributed by atoms with Crippen molar-refractivity contribution in [3.8, 4) is 0 Å². The van der Waals surface area contributed by atoms with Gasteiger partial charge >= 0.3 is 0 Å². The number of rotatable bonds is 4. The van der Waals surface area contributed by atoms with Crippen molar-refractivity contribution in [2.45, 2.75) is 39.2 Å². The molecule has 0 aromatic heterocycles. The minimum atomic E-state index is 0. The first kappa shape index (κ1) is 13.5. The van der Waals surface area contributed by atoms with Crippen molar-refractivity contribution in [3.05, 3.63) is 0 Å². The second-order valence-corrected chi connectivity index (χ2v) is 3.61. The standard InChI is InChI=1S/C8H19NO.H2O/c1-8(2,3)9-6-4-5-7-10;/h9-10H,4-7H2,1-3H3;1H2. The fourth-order valence-electron chi connectivity index (χ4n) is 0.700. The zero-order valence-corrected chi connectivity index (χ0v) is 7.78. The summed E-state index contributed by atoms with van der Waals surface area (Å²) in [5.41, 5.74) is 0.218. The molecule has 0 heterocycles. The first-order chi connectivity index (χ1) is 4.56. The molecule has 0 rings (SSSR count). The predicted octanol–water partition coefficient (Wildman–Crippen LogP) is 0.322. The lowest BCUT2D eigenvalue weighted by Gasteiger charge is -2.20. The van der Waals surface area contributed by atoms with Crippen molar-refractivity contribution >= 4 is 0 Å². The van der Waals surface area contributed by atoms with Crippen LogP contribution in [0, 0.1) is 0 Å². The molecular weight excluding hydrogens is 142 g/mol. The lowest BCUT2D eigenvalue weighted by atomic mass is 10.1. The van der Waals surface area contributed by atoms with Gasteiger partial charge in [0.2, 0.25) is 0 Å². The van der Waals surface area contributed by atoms with Crippen molar-refractivity contribution in [2.24, 2.45) is 0 Å². The van der Waals surface area contributed by atoms with Gasteiger partial charge in [0.25, 0.3) is 0 Å². The zero-order valence-electron chi connectivity index (χ0n) is 7.78. The van der Waals surface area contributed by atoms with Crippen LogP contribution in [0.1, 0.15) is 33.6 Å². The average molecular weight is 163 g/mol. The highest BCUT2D eigenvalue weighted by Gasteiger charge is 2.06. The molecule has 0 aromatic carbocycles. The Balaban J connectivity index is 0. The summed E-state index contributed by atoms with van der Waals surface area (Å²) in [6.45, 7) is 7.75. The van der Waals surface area contributed by atoms with Gasteiger partial charge in [-0.2, -0.15) is 0 Å². The van der Waals surface area contributed by atoms with Gasteiger partial charge in [-0.05, 0) is 40.2 Å². The van der Waals surface area contributed by atoms with Crippen molar-refractivity contribution in [1.29, 1.82) is 0 Å². The van der Waals surface area contributed by atoms with E-state index in [-0.39, 0.29) is 11.0 Å². The number of hydrogen-bond donors (Lipinski definition) is 2. The first-order valence-corrected chi connectivity index (χ1v) is 3.92. The van der Waals surface area contributed by atoms with Crippen LogP contribution in [0.5, 0.6) is 0 Å². The monoisotopic (exact) mass is 163 g/mol. The van der Waals surface area contributed by atoms with Crippen LogP contribution in [0.15, 0.2) is 0 Å². The van der Waals surface area contributed by atoms with Crippen molar-refractivity contribution < 1.29 is 10.6 Å². The average Bonchev–Trinajstić information content (AvgIpc) is 1.78. The van der Waals surface area contributed by atoms with Crippen LogP contribution in [-0.2, 0) is 0 Å². The quantitative estimate of drug-likeness (QED) is 0.586. The molecule has 0 radical (unpaired) electrons. The van der Waals surface area contributed by atoms with E-state index < -0.39 is 0 Å². The molecule has 0 fully saturated rings. The van der Waals surface area contributed by atoms with E-state index in [0.29, 0.717) is 6.61 Å².